The first-order valence-corrected chi connectivity index (χ1v) is 10.9. The number of rotatable bonds is 9. The minimum absolute atomic E-state index is 0.0225. The molecule has 2 aromatic heterocycles. The molecule has 184 valence electrons. The van der Waals surface area contributed by atoms with Crippen molar-refractivity contribution >= 4 is 51.4 Å². The SMILES string of the molecule is COc1cc(Nc2c(C#N)cnc3cc(OCOc4ccc(C(=O)O)o4)c(OC)cc23)c(Cl)cc1Cl. The number of pyridine rings is 1. The van der Waals surface area contributed by atoms with Crippen molar-refractivity contribution < 1.29 is 33.3 Å². The quantitative estimate of drug-likeness (QED) is 0.253. The molecule has 0 fully saturated rings. The summed E-state index contributed by atoms with van der Waals surface area (Å²) < 4.78 is 26.7. The third kappa shape index (κ3) is 5.02. The van der Waals surface area contributed by atoms with Gasteiger partial charge in [0.15, 0.2) is 11.5 Å². The zero-order valence-electron chi connectivity index (χ0n) is 18.8. The average molecular weight is 530 g/mol. The lowest BCUT2D eigenvalue weighted by Crippen LogP contribution is -2.06. The van der Waals surface area contributed by atoms with Crippen LogP contribution in [0.25, 0.3) is 10.9 Å². The maximum absolute atomic E-state index is 10.9. The van der Waals surface area contributed by atoms with Crippen LogP contribution in [-0.4, -0.2) is 37.1 Å². The lowest BCUT2D eigenvalue weighted by atomic mass is 10.1. The van der Waals surface area contributed by atoms with Gasteiger partial charge in [-0.3, -0.25) is 4.98 Å². The van der Waals surface area contributed by atoms with E-state index in [4.69, 9.17) is 51.7 Å². The number of carbonyl (C=O) groups is 1. The summed E-state index contributed by atoms with van der Waals surface area (Å²) >= 11 is 12.5. The number of methoxy groups -OCH3 is 2. The Morgan fingerprint density at radius 2 is 1.86 bits per heavy atom. The number of benzene rings is 2. The molecule has 0 aliphatic heterocycles. The van der Waals surface area contributed by atoms with Crippen LogP contribution in [0.4, 0.5) is 11.4 Å². The second-order valence-electron chi connectivity index (χ2n) is 7.10. The highest BCUT2D eigenvalue weighted by molar-refractivity contribution is 6.37. The number of furan rings is 1. The van der Waals surface area contributed by atoms with Crippen molar-refractivity contribution in [1.29, 1.82) is 5.26 Å². The smallest absolute Gasteiger partial charge is 0.371 e. The van der Waals surface area contributed by atoms with Gasteiger partial charge in [-0.1, -0.05) is 23.2 Å². The third-order valence-electron chi connectivity index (χ3n) is 4.98. The number of carboxylic acid groups (broad SMARTS) is 1. The third-order valence-corrected chi connectivity index (χ3v) is 5.59. The molecule has 12 heteroatoms. The second-order valence-corrected chi connectivity index (χ2v) is 7.92. The van der Waals surface area contributed by atoms with Gasteiger partial charge in [-0.05, 0) is 18.2 Å². The Morgan fingerprint density at radius 1 is 1.08 bits per heavy atom. The minimum atomic E-state index is -1.22. The maximum atomic E-state index is 10.9. The summed E-state index contributed by atoms with van der Waals surface area (Å²) in [6.07, 6.45) is 1.41. The van der Waals surface area contributed by atoms with Crippen LogP contribution in [0.15, 0.2) is 47.0 Å². The monoisotopic (exact) mass is 529 g/mol. The fourth-order valence-corrected chi connectivity index (χ4v) is 3.78. The van der Waals surface area contributed by atoms with Crippen molar-refractivity contribution in [2.45, 2.75) is 0 Å². The van der Waals surface area contributed by atoms with Crippen LogP contribution in [0, 0.1) is 11.3 Å². The zero-order valence-corrected chi connectivity index (χ0v) is 20.3. The highest BCUT2D eigenvalue weighted by Gasteiger charge is 2.17. The first-order valence-electron chi connectivity index (χ1n) is 10.1. The summed E-state index contributed by atoms with van der Waals surface area (Å²) in [6, 6.07) is 11.2. The van der Waals surface area contributed by atoms with Crippen LogP contribution in [0.1, 0.15) is 16.1 Å². The van der Waals surface area contributed by atoms with E-state index >= 15 is 0 Å². The van der Waals surface area contributed by atoms with Gasteiger partial charge in [-0.25, -0.2) is 4.79 Å². The molecule has 0 amide bonds. The summed E-state index contributed by atoms with van der Waals surface area (Å²) in [5.74, 6) is -0.468. The molecule has 4 aromatic rings. The molecular formula is C24H17Cl2N3O7. The Morgan fingerprint density at radius 3 is 2.53 bits per heavy atom. The molecular weight excluding hydrogens is 513 g/mol. The number of ether oxygens (including phenoxy) is 4. The zero-order chi connectivity index (χ0) is 25.8. The van der Waals surface area contributed by atoms with Gasteiger partial charge >= 0.3 is 5.97 Å². The fourth-order valence-electron chi connectivity index (χ4n) is 3.27. The van der Waals surface area contributed by atoms with Gasteiger partial charge in [0.25, 0.3) is 5.95 Å². The van der Waals surface area contributed by atoms with Gasteiger partial charge in [-0.2, -0.15) is 5.26 Å². The van der Waals surface area contributed by atoms with E-state index in [0.717, 1.165) is 0 Å². The number of carboxylic acids is 1. The van der Waals surface area contributed by atoms with Gasteiger partial charge in [0.1, 0.15) is 11.8 Å². The first kappa shape index (κ1) is 24.8. The Kier molecular flexibility index (Phi) is 7.24. The molecule has 36 heavy (non-hydrogen) atoms. The van der Waals surface area contributed by atoms with Gasteiger partial charge < -0.3 is 33.8 Å². The lowest BCUT2D eigenvalue weighted by Gasteiger charge is -2.16. The van der Waals surface area contributed by atoms with E-state index < -0.39 is 5.97 Å². The van der Waals surface area contributed by atoms with E-state index in [1.165, 1.54) is 38.6 Å². The van der Waals surface area contributed by atoms with Crippen molar-refractivity contribution in [3.05, 3.63) is 64.0 Å². The van der Waals surface area contributed by atoms with Gasteiger partial charge in [-0.15, -0.1) is 0 Å². The Bertz CT molecular complexity index is 1500. The molecule has 4 rings (SSSR count). The number of hydrogen-bond donors (Lipinski definition) is 2. The average Bonchev–Trinajstić information content (AvgIpc) is 3.34. The highest BCUT2D eigenvalue weighted by atomic mass is 35.5. The summed E-state index contributed by atoms with van der Waals surface area (Å²) in [6.45, 7) is -0.296. The number of nitrogens with one attached hydrogen (secondary N) is 1. The number of nitriles is 1. The molecule has 0 radical (unpaired) electrons. The molecule has 2 N–H and O–H groups in total. The predicted octanol–water partition coefficient (Wildman–Crippen LogP) is 5.88. The number of anilines is 2. The largest absolute Gasteiger partial charge is 0.495 e. The van der Waals surface area contributed by atoms with Crippen molar-refractivity contribution in [1.82, 2.24) is 4.98 Å². The van der Waals surface area contributed by atoms with E-state index in [9.17, 15) is 10.1 Å². The van der Waals surface area contributed by atoms with E-state index in [0.29, 0.717) is 49.6 Å². The maximum Gasteiger partial charge on any atom is 0.371 e. The van der Waals surface area contributed by atoms with Crippen LogP contribution in [0.3, 0.4) is 0 Å². The minimum Gasteiger partial charge on any atom is -0.495 e. The number of hydrogen-bond acceptors (Lipinski definition) is 9. The molecule has 2 heterocycles. The van der Waals surface area contributed by atoms with Gasteiger partial charge in [0.05, 0.1) is 46.7 Å². The van der Waals surface area contributed by atoms with Crippen LogP contribution in [-0.2, 0) is 0 Å². The molecule has 0 bridgehead atoms. The van der Waals surface area contributed by atoms with Crippen molar-refractivity contribution in [2.24, 2.45) is 0 Å². The van der Waals surface area contributed by atoms with Gasteiger partial charge in [0, 0.05) is 29.8 Å². The number of fused-ring (bicyclic) bond motifs is 1. The molecule has 0 atom stereocenters. The summed E-state index contributed by atoms with van der Waals surface area (Å²) in [5.41, 5.74) is 1.65. The molecule has 0 saturated heterocycles. The topological polar surface area (TPSA) is 136 Å². The summed E-state index contributed by atoms with van der Waals surface area (Å²) in [4.78, 5) is 15.3. The number of halogens is 2. The van der Waals surface area contributed by atoms with E-state index in [-0.39, 0.29) is 24.1 Å². The number of aromatic nitrogens is 1. The summed E-state index contributed by atoms with van der Waals surface area (Å²) in [7, 11) is 2.94. The molecule has 0 spiro atoms. The summed E-state index contributed by atoms with van der Waals surface area (Å²) in [5, 5.41) is 23.0. The van der Waals surface area contributed by atoms with Crippen molar-refractivity contribution in [3.8, 4) is 29.3 Å². The Labute approximate surface area is 214 Å². The highest BCUT2D eigenvalue weighted by Crippen LogP contribution is 2.40. The lowest BCUT2D eigenvalue weighted by molar-refractivity contribution is 0.0622. The molecule has 10 nitrogen and oxygen atoms in total. The van der Waals surface area contributed by atoms with Crippen LogP contribution in [0.5, 0.6) is 23.2 Å². The second kappa shape index (κ2) is 10.5. The first-order chi connectivity index (χ1) is 17.3. The fraction of sp³-hybridized carbons (Fsp3) is 0.125. The number of aromatic carboxylic acids is 1. The van der Waals surface area contributed by atoms with Crippen LogP contribution >= 0.6 is 23.2 Å². The standard InChI is InChI=1S/C24H17Cl2N3O7/c1-32-19-8-17(14(25)6-15(19)26)29-23-12(9-27)10-28-16-7-21(20(33-2)5-13(16)23)34-11-35-22-4-3-18(36-22)24(30)31/h3-8,10H,11H2,1-2H3,(H,28,29)(H,30,31). The molecule has 0 aliphatic carbocycles. The van der Waals surface area contributed by atoms with E-state index in [2.05, 4.69) is 16.4 Å². The Hall–Kier alpha value is -4.33. The molecule has 0 aliphatic rings. The number of nitrogens with zero attached hydrogens (tertiary/aromatic N) is 2. The van der Waals surface area contributed by atoms with E-state index in [1.807, 2.05) is 0 Å². The normalized spacial score (nSPS) is 10.5. The Balaban J connectivity index is 1.66. The molecule has 2 aromatic carbocycles. The molecule has 0 unspecified atom stereocenters. The van der Waals surface area contributed by atoms with Gasteiger partial charge in [0.2, 0.25) is 12.6 Å². The van der Waals surface area contributed by atoms with Crippen LogP contribution < -0.4 is 24.3 Å². The van der Waals surface area contributed by atoms with Crippen molar-refractivity contribution in [3.63, 3.8) is 0 Å². The van der Waals surface area contributed by atoms with Crippen LogP contribution in [0.2, 0.25) is 10.0 Å². The van der Waals surface area contributed by atoms with Crippen molar-refractivity contribution in [2.75, 3.05) is 26.3 Å². The molecule has 0 saturated carbocycles. The van der Waals surface area contributed by atoms with E-state index in [1.54, 1.807) is 18.2 Å². The predicted molar refractivity (Wildman–Crippen MR) is 131 cm³/mol.